The van der Waals surface area contributed by atoms with Crippen molar-refractivity contribution in [2.24, 2.45) is 0 Å². The second kappa shape index (κ2) is 5.62. The first kappa shape index (κ1) is 14.3. The van der Waals surface area contributed by atoms with E-state index in [2.05, 4.69) is 11.2 Å². The summed E-state index contributed by atoms with van der Waals surface area (Å²) in [5, 5.41) is 22.1. The highest BCUT2D eigenvalue weighted by Crippen LogP contribution is 2.27. The molecule has 0 saturated heterocycles. The van der Waals surface area contributed by atoms with Gasteiger partial charge in [-0.15, -0.1) is 0 Å². The van der Waals surface area contributed by atoms with Crippen molar-refractivity contribution >= 4 is 5.91 Å². The Labute approximate surface area is 127 Å². The Morgan fingerprint density at radius 2 is 2.23 bits per heavy atom. The topological polar surface area (TPSA) is 90.4 Å². The Balaban J connectivity index is 1.78. The van der Waals surface area contributed by atoms with Crippen LogP contribution in [-0.4, -0.2) is 40.3 Å². The molecular formula is C16H15N3O3. The number of rotatable bonds is 3. The van der Waals surface area contributed by atoms with Crippen LogP contribution in [0.5, 0.6) is 0 Å². The van der Waals surface area contributed by atoms with Crippen LogP contribution in [0.25, 0.3) is 11.3 Å². The zero-order valence-electron chi connectivity index (χ0n) is 12.1. The van der Waals surface area contributed by atoms with E-state index in [-0.39, 0.29) is 23.8 Å². The number of hydrogen-bond donors (Lipinski definition) is 1. The minimum absolute atomic E-state index is 0.0398. The summed E-state index contributed by atoms with van der Waals surface area (Å²) in [6.45, 7) is 0. The number of hydrogen-bond acceptors (Lipinski definition) is 5. The molecule has 1 N–H and O–H groups in total. The summed E-state index contributed by atoms with van der Waals surface area (Å²) in [7, 11) is 1.69. The van der Waals surface area contributed by atoms with Crippen LogP contribution in [0.15, 0.2) is 34.9 Å². The summed E-state index contributed by atoms with van der Waals surface area (Å²) >= 11 is 0. The van der Waals surface area contributed by atoms with Crippen molar-refractivity contribution < 1.29 is 14.4 Å². The molecule has 3 rings (SSSR count). The van der Waals surface area contributed by atoms with Gasteiger partial charge in [-0.25, -0.2) is 0 Å². The first-order valence-electron chi connectivity index (χ1n) is 7.01. The van der Waals surface area contributed by atoms with Crippen LogP contribution in [0.3, 0.4) is 0 Å². The van der Waals surface area contributed by atoms with Crippen LogP contribution in [-0.2, 0) is 0 Å². The zero-order valence-corrected chi connectivity index (χ0v) is 12.1. The van der Waals surface area contributed by atoms with Crippen LogP contribution >= 0.6 is 0 Å². The molecule has 22 heavy (non-hydrogen) atoms. The van der Waals surface area contributed by atoms with E-state index in [0.717, 1.165) is 5.56 Å². The van der Waals surface area contributed by atoms with E-state index in [1.807, 2.05) is 0 Å². The lowest BCUT2D eigenvalue weighted by molar-refractivity contribution is 0.0114. The standard InChI is InChI=1S/C16H15N3O3/c1-19(12-6-13(20)7-12)16(21)15-8-14(18-22-15)11-4-2-3-10(5-11)9-17/h2-5,8,12-13,20H,6-7H2,1H3. The maximum atomic E-state index is 12.3. The number of nitriles is 1. The third-order valence-electron chi connectivity index (χ3n) is 3.96. The second-order valence-electron chi connectivity index (χ2n) is 5.46. The van der Waals surface area contributed by atoms with Gasteiger partial charge >= 0.3 is 0 Å². The lowest BCUT2D eigenvalue weighted by Crippen LogP contribution is -2.47. The summed E-state index contributed by atoms with van der Waals surface area (Å²) in [5.41, 5.74) is 1.76. The fourth-order valence-corrected chi connectivity index (χ4v) is 2.48. The number of aromatic nitrogens is 1. The Bertz CT molecular complexity index is 741. The summed E-state index contributed by atoms with van der Waals surface area (Å²) in [6.07, 6.45) is 0.861. The van der Waals surface area contributed by atoms with Crippen molar-refractivity contribution in [3.8, 4) is 17.3 Å². The van der Waals surface area contributed by atoms with Gasteiger partial charge < -0.3 is 14.5 Å². The summed E-state index contributed by atoms with van der Waals surface area (Å²) in [4.78, 5) is 13.9. The first-order chi connectivity index (χ1) is 10.6. The monoisotopic (exact) mass is 297 g/mol. The first-order valence-corrected chi connectivity index (χ1v) is 7.01. The van der Waals surface area contributed by atoms with E-state index in [1.165, 1.54) is 0 Å². The molecule has 6 nitrogen and oxygen atoms in total. The van der Waals surface area contributed by atoms with Gasteiger partial charge in [0, 0.05) is 24.7 Å². The van der Waals surface area contributed by atoms with Crippen molar-refractivity contribution in [2.75, 3.05) is 7.05 Å². The molecule has 1 aromatic carbocycles. The molecule has 0 radical (unpaired) electrons. The van der Waals surface area contributed by atoms with E-state index < -0.39 is 0 Å². The zero-order chi connectivity index (χ0) is 15.7. The quantitative estimate of drug-likeness (QED) is 0.933. The maximum Gasteiger partial charge on any atom is 0.292 e. The molecule has 0 atom stereocenters. The lowest BCUT2D eigenvalue weighted by atomic mass is 9.88. The number of amides is 1. The summed E-state index contributed by atoms with van der Waals surface area (Å²) in [6, 6.07) is 10.6. The predicted molar refractivity (Wildman–Crippen MR) is 77.8 cm³/mol. The van der Waals surface area contributed by atoms with E-state index in [9.17, 15) is 9.90 Å². The van der Waals surface area contributed by atoms with Crippen LogP contribution in [0, 0.1) is 11.3 Å². The predicted octanol–water partition coefficient (Wildman–Crippen LogP) is 1.81. The third-order valence-corrected chi connectivity index (χ3v) is 3.96. The number of carbonyl (C=O) groups is 1. The molecule has 1 fully saturated rings. The highest BCUT2D eigenvalue weighted by atomic mass is 16.5. The molecule has 0 unspecified atom stereocenters. The van der Waals surface area contributed by atoms with Crippen molar-refractivity contribution in [3.05, 3.63) is 41.7 Å². The van der Waals surface area contributed by atoms with E-state index >= 15 is 0 Å². The van der Waals surface area contributed by atoms with E-state index in [1.54, 1.807) is 42.3 Å². The Hall–Kier alpha value is -2.65. The van der Waals surface area contributed by atoms with Gasteiger partial charge in [0.25, 0.3) is 5.91 Å². The molecule has 1 heterocycles. The highest BCUT2D eigenvalue weighted by molar-refractivity contribution is 5.92. The molecule has 0 spiro atoms. The summed E-state index contributed by atoms with van der Waals surface area (Å²) in [5.74, 6) is -0.103. The fourth-order valence-electron chi connectivity index (χ4n) is 2.48. The van der Waals surface area contributed by atoms with Crippen molar-refractivity contribution in [3.63, 3.8) is 0 Å². The van der Waals surface area contributed by atoms with Crippen molar-refractivity contribution in [1.82, 2.24) is 10.1 Å². The molecule has 112 valence electrons. The normalized spacial score (nSPS) is 20.0. The molecular weight excluding hydrogens is 282 g/mol. The van der Waals surface area contributed by atoms with Crippen LogP contribution < -0.4 is 0 Å². The van der Waals surface area contributed by atoms with Crippen LogP contribution in [0.4, 0.5) is 0 Å². The number of aliphatic hydroxyl groups excluding tert-OH is 1. The van der Waals surface area contributed by atoms with Crippen LogP contribution in [0.1, 0.15) is 29.0 Å². The van der Waals surface area contributed by atoms with Crippen molar-refractivity contribution in [1.29, 1.82) is 5.26 Å². The molecule has 2 aromatic rings. The minimum Gasteiger partial charge on any atom is -0.393 e. The number of aliphatic hydroxyl groups is 1. The average molecular weight is 297 g/mol. The van der Waals surface area contributed by atoms with Crippen molar-refractivity contribution in [2.45, 2.75) is 25.0 Å². The molecule has 1 saturated carbocycles. The van der Waals surface area contributed by atoms with Gasteiger partial charge in [0.1, 0.15) is 5.69 Å². The average Bonchev–Trinajstić information content (AvgIpc) is 3.00. The molecule has 1 aliphatic carbocycles. The smallest absolute Gasteiger partial charge is 0.292 e. The molecule has 1 aliphatic rings. The molecule has 1 aromatic heterocycles. The maximum absolute atomic E-state index is 12.3. The van der Waals surface area contributed by atoms with Crippen LogP contribution in [0.2, 0.25) is 0 Å². The van der Waals surface area contributed by atoms with Gasteiger partial charge in [0.15, 0.2) is 0 Å². The Morgan fingerprint density at radius 3 is 2.91 bits per heavy atom. The Kier molecular flexibility index (Phi) is 3.65. The van der Waals surface area contributed by atoms with Gasteiger partial charge in [0.2, 0.25) is 5.76 Å². The molecule has 1 amide bonds. The minimum atomic E-state index is -0.320. The second-order valence-corrected chi connectivity index (χ2v) is 5.46. The SMILES string of the molecule is CN(C(=O)c1cc(-c2cccc(C#N)c2)no1)C1CC(O)C1. The van der Waals surface area contributed by atoms with E-state index in [4.69, 9.17) is 9.78 Å². The van der Waals surface area contributed by atoms with Gasteiger partial charge in [-0.3, -0.25) is 4.79 Å². The number of benzene rings is 1. The number of carbonyl (C=O) groups excluding carboxylic acids is 1. The highest BCUT2D eigenvalue weighted by Gasteiger charge is 2.34. The van der Waals surface area contributed by atoms with Gasteiger partial charge in [0.05, 0.1) is 17.7 Å². The largest absolute Gasteiger partial charge is 0.393 e. The molecule has 0 bridgehead atoms. The molecule has 0 aliphatic heterocycles. The summed E-state index contributed by atoms with van der Waals surface area (Å²) < 4.78 is 5.13. The van der Waals surface area contributed by atoms with Gasteiger partial charge in [-0.1, -0.05) is 17.3 Å². The lowest BCUT2D eigenvalue weighted by Gasteiger charge is -2.37. The Morgan fingerprint density at radius 1 is 1.45 bits per heavy atom. The third kappa shape index (κ3) is 2.59. The van der Waals surface area contributed by atoms with Gasteiger partial charge in [-0.05, 0) is 25.0 Å². The fraction of sp³-hybridized carbons (Fsp3) is 0.312. The van der Waals surface area contributed by atoms with E-state index in [0.29, 0.717) is 24.1 Å². The molecule has 6 heteroatoms. The van der Waals surface area contributed by atoms with Gasteiger partial charge in [-0.2, -0.15) is 5.26 Å². The number of nitrogens with zero attached hydrogens (tertiary/aromatic N) is 3.